The van der Waals surface area contributed by atoms with Crippen molar-refractivity contribution in [3.05, 3.63) is 45.8 Å². The molecule has 2 aromatic rings. The van der Waals surface area contributed by atoms with Crippen molar-refractivity contribution in [2.45, 2.75) is 23.9 Å². The maximum Gasteiger partial charge on any atom is 0.269 e. The molecule has 2 heterocycles. The quantitative estimate of drug-likeness (QED) is 0.642. The average Bonchev–Trinajstić information content (AvgIpc) is 3.26. The smallest absolute Gasteiger partial charge is 0.258 e. The van der Waals surface area contributed by atoms with Gasteiger partial charge >= 0.3 is 0 Å². The molecule has 0 spiro atoms. The highest BCUT2D eigenvalue weighted by molar-refractivity contribution is 7.99. The van der Waals surface area contributed by atoms with Gasteiger partial charge in [0.15, 0.2) is 5.82 Å². The van der Waals surface area contributed by atoms with Gasteiger partial charge < -0.3 is 0 Å². The lowest BCUT2D eigenvalue weighted by atomic mass is 10.1. The molecule has 1 fully saturated rings. The lowest BCUT2D eigenvalue weighted by molar-refractivity contribution is -0.384. The molecule has 0 bridgehead atoms. The van der Waals surface area contributed by atoms with Gasteiger partial charge in [0.25, 0.3) is 5.69 Å². The third kappa shape index (κ3) is 2.21. The molecule has 1 saturated carbocycles. The second kappa shape index (κ2) is 4.66. The van der Waals surface area contributed by atoms with E-state index in [0.717, 1.165) is 35.1 Å². The molecule has 0 unspecified atom stereocenters. The molecule has 0 radical (unpaired) electrons. The molecular formula is C13H11N5O2S. The van der Waals surface area contributed by atoms with Gasteiger partial charge in [0, 0.05) is 23.8 Å². The molecule has 21 heavy (non-hydrogen) atoms. The van der Waals surface area contributed by atoms with Crippen LogP contribution in [0.3, 0.4) is 0 Å². The van der Waals surface area contributed by atoms with Crippen LogP contribution in [0, 0.1) is 10.1 Å². The van der Waals surface area contributed by atoms with Crippen LogP contribution in [0.1, 0.15) is 30.1 Å². The van der Waals surface area contributed by atoms with Crippen molar-refractivity contribution in [3.8, 4) is 0 Å². The number of hydrogen-bond donors (Lipinski definition) is 0. The Balaban J connectivity index is 1.70. The number of non-ortho nitro benzene ring substituents is 1. The highest BCUT2D eigenvalue weighted by Crippen LogP contribution is 2.40. The van der Waals surface area contributed by atoms with Crippen LogP contribution in [-0.4, -0.2) is 31.3 Å². The molecule has 8 heteroatoms. The van der Waals surface area contributed by atoms with E-state index in [1.807, 2.05) is 4.68 Å². The van der Waals surface area contributed by atoms with Gasteiger partial charge in [-0.15, -0.1) is 10.2 Å². The molecule has 7 nitrogen and oxygen atoms in total. The molecule has 0 saturated heterocycles. The Morgan fingerprint density at radius 2 is 2.00 bits per heavy atom. The van der Waals surface area contributed by atoms with Gasteiger partial charge in [-0.05, 0) is 30.5 Å². The molecule has 1 aliphatic carbocycles. The summed E-state index contributed by atoms with van der Waals surface area (Å²) < 4.78 is 1.82. The van der Waals surface area contributed by atoms with Crippen LogP contribution in [0.4, 0.5) is 5.69 Å². The molecule has 2 aliphatic rings. The number of nitrogens with zero attached hydrogens (tertiary/aromatic N) is 5. The minimum absolute atomic E-state index is 0.0893. The maximum atomic E-state index is 10.7. The van der Waals surface area contributed by atoms with Gasteiger partial charge in [0.05, 0.1) is 10.6 Å². The van der Waals surface area contributed by atoms with Crippen LogP contribution in [0.15, 0.2) is 34.5 Å². The fourth-order valence-electron chi connectivity index (χ4n) is 2.26. The van der Waals surface area contributed by atoms with E-state index in [1.54, 1.807) is 23.9 Å². The third-order valence-electron chi connectivity index (χ3n) is 3.55. The summed E-state index contributed by atoms with van der Waals surface area (Å²) in [5.74, 6) is 2.10. The Hall–Kier alpha value is -2.22. The Bertz CT molecular complexity index is 748. The van der Waals surface area contributed by atoms with E-state index in [2.05, 4.69) is 15.3 Å². The number of fused-ring (bicyclic) bond motifs is 1. The Labute approximate surface area is 124 Å². The van der Waals surface area contributed by atoms with E-state index in [4.69, 9.17) is 0 Å². The second-order valence-corrected chi connectivity index (χ2v) is 6.01. The first-order valence-electron chi connectivity index (χ1n) is 6.63. The molecule has 4 rings (SSSR count). The SMILES string of the molecule is O=[N+]([O-])c1ccc(C2=Nn3c(nnc3C3CC3)SC2)cc1. The summed E-state index contributed by atoms with van der Waals surface area (Å²) in [6.07, 6.45) is 2.29. The van der Waals surface area contributed by atoms with Crippen LogP contribution in [-0.2, 0) is 0 Å². The number of nitro benzene ring substituents is 1. The van der Waals surface area contributed by atoms with E-state index < -0.39 is 4.92 Å². The maximum absolute atomic E-state index is 10.7. The van der Waals surface area contributed by atoms with E-state index in [0.29, 0.717) is 11.7 Å². The molecule has 1 aromatic carbocycles. The second-order valence-electron chi connectivity index (χ2n) is 5.07. The minimum atomic E-state index is -0.399. The van der Waals surface area contributed by atoms with Crippen molar-refractivity contribution in [1.82, 2.24) is 14.9 Å². The van der Waals surface area contributed by atoms with Crippen LogP contribution in [0.2, 0.25) is 0 Å². The summed E-state index contributed by atoms with van der Waals surface area (Å²) in [5.41, 5.74) is 1.88. The first-order valence-corrected chi connectivity index (χ1v) is 7.62. The van der Waals surface area contributed by atoms with Crippen LogP contribution in [0.25, 0.3) is 0 Å². The normalized spacial score (nSPS) is 17.2. The van der Waals surface area contributed by atoms with Crippen molar-refractivity contribution in [2.24, 2.45) is 5.10 Å². The number of benzene rings is 1. The van der Waals surface area contributed by atoms with Gasteiger partial charge in [0.2, 0.25) is 5.16 Å². The molecule has 0 atom stereocenters. The van der Waals surface area contributed by atoms with E-state index in [-0.39, 0.29) is 5.69 Å². The van der Waals surface area contributed by atoms with Gasteiger partial charge in [-0.25, -0.2) is 0 Å². The predicted molar refractivity (Wildman–Crippen MR) is 77.8 cm³/mol. The predicted octanol–water partition coefficient (Wildman–Crippen LogP) is 2.42. The lowest BCUT2D eigenvalue weighted by Gasteiger charge is -2.13. The summed E-state index contributed by atoms with van der Waals surface area (Å²) in [6.45, 7) is 0. The highest BCUT2D eigenvalue weighted by atomic mass is 32.2. The van der Waals surface area contributed by atoms with E-state index >= 15 is 0 Å². The number of nitro groups is 1. The lowest BCUT2D eigenvalue weighted by Crippen LogP contribution is -2.14. The zero-order valence-corrected chi connectivity index (χ0v) is 11.8. The number of hydrogen-bond acceptors (Lipinski definition) is 6. The third-order valence-corrected chi connectivity index (χ3v) is 4.48. The van der Waals surface area contributed by atoms with Crippen molar-refractivity contribution in [1.29, 1.82) is 0 Å². The summed E-state index contributed by atoms with van der Waals surface area (Å²) in [7, 11) is 0. The molecule has 0 amide bonds. The Kier molecular flexibility index (Phi) is 2.78. The van der Waals surface area contributed by atoms with Crippen LogP contribution < -0.4 is 0 Å². The zero-order chi connectivity index (χ0) is 14.4. The molecular weight excluding hydrogens is 290 g/mol. The Morgan fingerprint density at radius 1 is 1.24 bits per heavy atom. The van der Waals surface area contributed by atoms with Crippen molar-refractivity contribution >= 4 is 23.2 Å². The largest absolute Gasteiger partial charge is 0.269 e. The summed E-state index contributed by atoms with van der Waals surface area (Å²) >= 11 is 1.59. The standard InChI is InChI=1S/C13H11N5O2S/c19-18(20)10-5-3-8(4-6-10)11-7-21-13-15-14-12(9-1-2-9)17(13)16-11/h3-6,9H,1-2,7H2. The number of aromatic nitrogens is 3. The molecule has 1 aliphatic heterocycles. The fourth-order valence-corrected chi connectivity index (χ4v) is 3.10. The molecule has 106 valence electrons. The number of thioether (sulfide) groups is 1. The van der Waals surface area contributed by atoms with E-state index in [1.165, 1.54) is 12.1 Å². The minimum Gasteiger partial charge on any atom is -0.258 e. The summed E-state index contributed by atoms with van der Waals surface area (Å²) in [4.78, 5) is 10.3. The highest BCUT2D eigenvalue weighted by Gasteiger charge is 2.32. The van der Waals surface area contributed by atoms with Crippen molar-refractivity contribution in [2.75, 3.05) is 5.75 Å². The van der Waals surface area contributed by atoms with Crippen molar-refractivity contribution < 1.29 is 4.92 Å². The first-order chi connectivity index (χ1) is 10.2. The van der Waals surface area contributed by atoms with Crippen molar-refractivity contribution in [3.63, 3.8) is 0 Å². The Morgan fingerprint density at radius 3 is 2.67 bits per heavy atom. The topological polar surface area (TPSA) is 86.2 Å². The molecule has 0 N–H and O–H groups in total. The molecule has 1 aromatic heterocycles. The van der Waals surface area contributed by atoms with E-state index in [9.17, 15) is 10.1 Å². The monoisotopic (exact) mass is 301 g/mol. The summed E-state index contributed by atoms with van der Waals surface area (Å²) in [5, 5.41) is 24.5. The van der Waals surface area contributed by atoms with Gasteiger partial charge in [-0.1, -0.05) is 11.8 Å². The number of rotatable bonds is 3. The first kappa shape index (κ1) is 12.5. The average molecular weight is 301 g/mol. The summed E-state index contributed by atoms with van der Waals surface area (Å²) in [6, 6.07) is 6.49. The fraction of sp³-hybridized carbons (Fsp3) is 0.308. The van der Waals surface area contributed by atoms with Crippen LogP contribution in [0.5, 0.6) is 0 Å². The van der Waals surface area contributed by atoms with Gasteiger partial charge in [-0.3, -0.25) is 10.1 Å². The zero-order valence-electron chi connectivity index (χ0n) is 11.0. The van der Waals surface area contributed by atoms with Gasteiger partial charge in [-0.2, -0.15) is 9.78 Å². The van der Waals surface area contributed by atoms with Gasteiger partial charge in [0.1, 0.15) is 0 Å². The van der Waals surface area contributed by atoms with Crippen LogP contribution >= 0.6 is 11.8 Å².